The lowest BCUT2D eigenvalue weighted by Crippen LogP contribution is -2.45. The highest BCUT2D eigenvalue weighted by molar-refractivity contribution is 7.11. The van der Waals surface area contributed by atoms with E-state index in [0.29, 0.717) is 18.4 Å². The number of aryl methyl sites for hydroxylation is 2. The van der Waals surface area contributed by atoms with Gasteiger partial charge in [0.1, 0.15) is 11.6 Å². The number of carboxylic acids is 1. The van der Waals surface area contributed by atoms with E-state index in [2.05, 4.69) is 61.4 Å². The van der Waals surface area contributed by atoms with Crippen LogP contribution in [-0.2, 0) is 37.4 Å². The van der Waals surface area contributed by atoms with Gasteiger partial charge in [-0.25, -0.2) is 9.97 Å². The number of aliphatic carboxylic acids is 1. The summed E-state index contributed by atoms with van der Waals surface area (Å²) >= 11 is 1.70. The monoisotopic (exact) mass is 595 g/mol. The Balaban J connectivity index is 1.12. The van der Waals surface area contributed by atoms with Crippen molar-refractivity contribution in [1.29, 1.82) is 0 Å². The molecule has 2 aliphatic rings. The molecule has 3 aromatic heterocycles. The largest absolute Gasteiger partial charge is 0.481 e. The Morgan fingerprint density at radius 3 is 2.57 bits per heavy atom. The molecule has 0 aromatic carbocycles. The van der Waals surface area contributed by atoms with Crippen molar-refractivity contribution in [3.63, 3.8) is 0 Å². The Bertz CT molecular complexity index is 1230. The van der Waals surface area contributed by atoms with Gasteiger partial charge in [0, 0.05) is 60.2 Å². The van der Waals surface area contributed by atoms with Crippen LogP contribution in [-0.4, -0.2) is 84.1 Å². The number of rotatable bonds is 16. The molecule has 3 aromatic rings. The molecule has 0 saturated carbocycles. The highest BCUT2D eigenvalue weighted by atomic mass is 32.1. The fourth-order valence-electron chi connectivity index (χ4n) is 7.01. The SMILES string of the molecule is CCC(CC)N1CCC2(CCN(CCCn3ccnc3CN(Cc3ncc[nH]3)Cc3ccc(CCC(=O)O)s3)C2)CC1. The Hall–Kier alpha value is -2.53. The first kappa shape index (κ1) is 30.9. The standard InChI is InChI=1S/C32H49N7O2S/c1-3-26(4-2)38-19-11-32(12-20-38)10-18-36(25-32)16-5-17-39-21-15-35-30(39)24-37(23-29-33-13-14-34-29)22-28-7-6-27(42-28)8-9-31(40)41/h6-7,13-15,21,26H,3-5,8-12,16-20,22-25H2,1-2H3,(H,33,34)(H,40,41). The van der Waals surface area contributed by atoms with Crippen LogP contribution in [0.1, 0.15) is 80.2 Å². The van der Waals surface area contributed by atoms with Crippen LogP contribution in [0.25, 0.3) is 0 Å². The number of thiophene rings is 1. The van der Waals surface area contributed by atoms with Crippen LogP contribution in [0.3, 0.4) is 0 Å². The number of carboxylic acid groups (broad SMARTS) is 1. The number of aromatic amines is 1. The second kappa shape index (κ2) is 14.8. The lowest BCUT2D eigenvalue weighted by atomic mass is 9.77. The molecule has 0 amide bonds. The number of hydrogen-bond donors (Lipinski definition) is 2. The van der Waals surface area contributed by atoms with Crippen molar-refractivity contribution >= 4 is 17.3 Å². The number of likely N-dealkylation sites (tertiary alicyclic amines) is 2. The Kier molecular flexibility index (Phi) is 10.9. The van der Waals surface area contributed by atoms with Gasteiger partial charge in [0.2, 0.25) is 0 Å². The maximum absolute atomic E-state index is 11.0. The molecule has 0 atom stereocenters. The van der Waals surface area contributed by atoms with Gasteiger partial charge >= 0.3 is 5.97 Å². The number of nitrogens with one attached hydrogen (secondary N) is 1. The van der Waals surface area contributed by atoms with E-state index in [-0.39, 0.29) is 6.42 Å². The molecule has 2 aliphatic heterocycles. The van der Waals surface area contributed by atoms with E-state index in [1.54, 1.807) is 17.5 Å². The van der Waals surface area contributed by atoms with Crippen LogP contribution in [0, 0.1) is 5.41 Å². The summed E-state index contributed by atoms with van der Waals surface area (Å²) in [4.78, 5) is 33.6. The molecule has 0 aliphatic carbocycles. The number of nitrogens with zero attached hydrogens (tertiary/aromatic N) is 6. The summed E-state index contributed by atoms with van der Waals surface area (Å²) in [6.07, 6.45) is 16.2. The topological polar surface area (TPSA) is 93.5 Å². The second-order valence-corrected chi connectivity index (χ2v) is 13.6. The van der Waals surface area contributed by atoms with E-state index in [9.17, 15) is 4.79 Å². The molecule has 0 radical (unpaired) electrons. The van der Waals surface area contributed by atoms with Crippen LogP contribution in [0.2, 0.25) is 0 Å². The quantitative estimate of drug-likeness (QED) is 0.234. The lowest BCUT2D eigenvalue weighted by molar-refractivity contribution is -0.136. The predicted octanol–water partition coefficient (Wildman–Crippen LogP) is 5.25. The maximum Gasteiger partial charge on any atom is 0.303 e. The van der Waals surface area contributed by atoms with Crippen LogP contribution >= 0.6 is 11.3 Å². The van der Waals surface area contributed by atoms with Crippen LogP contribution in [0.15, 0.2) is 36.9 Å². The van der Waals surface area contributed by atoms with Crippen molar-refractivity contribution in [1.82, 2.24) is 34.2 Å². The third kappa shape index (κ3) is 8.30. The average Bonchev–Trinajstić information content (AvgIpc) is 3.80. The van der Waals surface area contributed by atoms with Crippen molar-refractivity contribution in [3.8, 4) is 0 Å². The number of H-pyrrole nitrogens is 1. The normalized spacial score (nSPS) is 17.7. The lowest BCUT2D eigenvalue weighted by Gasteiger charge is -2.42. The number of hydrogen-bond acceptors (Lipinski definition) is 7. The molecule has 9 nitrogen and oxygen atoms in total. The number of carbonyl (C=O) groups is 1. The van der Waals surface area contributed by atoms with Gasteiger partial charge in [0.25, 0.3) is 0 Å². The number of piperidine rings is 1. The summed E-state index contributed by atoms with van der Waals surface area (Å²) in [5, 5.41) is 9.04. The minimum Gasteiger partial charge on any atom is -0.481 e. The zero-order valence-corrected chi connectivity index (χ0v) is 26.3. The highest BCUT2D eigenvalue weighted by Gasteiger charge is 2.40. The fraction of sp³-hybridized carbons (Fsp3) is 0.656. The summed E-state index contributed by atoms with van der Waals surface area (Å²) in [5.41, 5.74) is 0.546. The van der Waals surface area contributed by atoms with Crippen molar-refractivity contribution in [2.75, 3.05) is 32.7 Å². The second-order valence-electron chi connectivity index (χ2n) is 12.4. The first-order valence-corrected chi connectivity index (χ1v) is 16.7. The first-order chi connectivity index (χ1) is 20.4. The molecule has 10 heteroatoms. The van der Waals surface area contributed by atoms with Gasteiger partial charge in [-0.15, -0.1) is 11.3 Å². The zero-order valence-electron chi connectivity index (χ0n) is 25.5. The maximum atomic E-state index is 11.0. The summed E-state index contributed by atoms with van der Waals surface area (Å²) < 4.78 is 2.32. The summed E-state index contributed by atoms with van der Waals surface area (Å²) in [6, 6.07) is 4.96. The Morgan fingerprint density at radius 2 is 1.83 bits per heavy atom. The molecule has 5 rings (SSSR count). The van der Waals surface area contributed by atoms with Gasteiger partial charge in [0.05, 0.1) is 19.5 Å². The molecule has 1 spiro atoms. The molecule has 2 N–H and O–H groups in total. The van der Waals surface area contributed by atoms with Gasteiger partial charge in [-0.05, 0) is 88.7 Å². The van der Waals surface area contributed by atoms with E-state index in [4.69, 9.17) is 10.1 Å². The van der Waals surface area contributed by atoms with Crippen molar-refractivity contribution < 1.29 is 9.90 Å². The van der Waals surface area contributed by atoms with Gasteiger partial charge in [0.15, 0.2) is 0 Å². The van der Waals surface area contributed by atoms with Crippen molar-refractivity contribution in [2.24, 2.45) is 5.41 Å². The molecule has 0 unspecified atom stereocenters. The van der Waals surface area contributed by atoms with Crippen molar-refractivity contribution in [3.05, 3.63) is 58.3 Å². The van der Waals surface area contributed by atoms with Gasteiger partial charge in [-0.2, -0.15) is 0 Å². The van der Waals surface area contributed by atoms with Crippen LogP contribution in [0.4, 0.5) is 0 Å². The molecule has 2 fully saturated rings. The van der Waals surface area contributed by atoms with E-state index in [1.165, 1.54) is 63.2 Å². The summed E-state index contributed by atoms with van der Waals surface area (Å²) in [5.74, 6) is 1.26. The molecule has 0 bridgehead atoms. The summed E-state index contributed by atoms with van der Waals surface area (Å²) in [6.45, 7) is 14.1. The molecule has 230 valence electrons. The molecule has 42 heavy (non-hydrogen) atoms. The zero-order chi connectivity index (χ0) is 29.4. The minimum atomic E-state index is -0.752. The third-order valence-corrected chi connectivity index (χ3v) is 10.6. The molecule has 2 saturated heterocycles. The first-order valence-electron chi connectivity index (χ1n) is 15.9. The fourth-order valence-corrected chi connectivity index (χ4v) is 8.07. The smallest absolute Gasteiger partial charge is 0.303 e. The number of imidazole rings is 2. The van der Waals surface area contributed by atoms with Crippen LogP contribution < -0.4 is 0 Å². The predicted molar refractivity (Wildman–Crippen MR) is 167 cm³/mol. The Morgan fingerprint density at radius 1 is 1.05 bits per heavy atom. The Labute approximate surface area is 255 Å². The molecular formula is C32H49N7O2S. The van der Waals surface area contributed by atoms with Gasteiger partial charge in [-0.1, -0.05) is 13.8 Å². The van der Waals surface area contributed by atoms with E-state index >= 15 is 0 Å². The van der Waals surface area contributed by atoms with E-state index in [1.807, 2.05) is 12.4 Å². The molecular weight excluding hydrogens is 546 g/mol. The van der Waals surface area contributed by atoms with Gasteiger partial charge < -0.3 is 24.5 Å². The minimum absolute atomic E-state index is 0.169. The average molecular weight is 596 g/mol. The van der Waals surface area contributed by atoms with E-state index in [0.717, 1.165) is 55.2 Å². The number of aromatic nitrogens is 4. The van der Waals surface area contributed by atoms with Crippen molar-refractivity contribution in [2.45, 2.75) is 97.4 Å². The summed E-state index contributed by atoms with van der Waals surface area (Å²) in [7, 11) is 0. The van der Waals surface area contributed by atoms with Gasteiger partial charge in [-0.3, -0.25) is 9.69 Å². The van der Waals surface area contributed by atoms with E-state index < -0.39 is 5.97 Å². The third-order valence-electron chi connectivity index (χ3n) is 9.49. The van der Waals surface area contributed by atoms with Crippen LogP contribution in [0.5, 0.6) is 0 Å². The molecule has 5 heterocycles. The highest BCUT2D eigenvalue weighted by Crippen LogP contribution is 2.41.